The molecule has 0 bridgehead atoms. The Hall–Kier alpha value is -3.03. The molecule has 2 aromatic heterocycles. The summed E-state index contributed by atoms with van der Waals surface area (Å²) >= 11 is 0. The number of fused-ring (bicyclic) bond motifs is 1. The maximum absolute atomic E-state index is 13.0. The van der Waals surface area contributed by atoms with Crippen LogP contribution in [0, 0.1) is 0 Å². The fraction of sp³-hybridized carbons (Fsp3) is 0.450. The van der Waals surface area contributed by atoms with Gasteiger partial charge in [0.05, 0.1) is 5.54 Å². The fourth-order valence-corrected chi connectivity index (χ4v) is 4.47. The molecule has 8 heteroatoms. The van der Waals surface area contributed by atoms with Gasteiger partial charge in [-0.1, -0.05) is 6.08 Å². The molecule has 0 atom stereocenters. The molecule has 2 aromatic rings. The van der Waals surface area contributed by atoms with Crippen molar-refractivity contribution in [3.63, 3.8) is 0 Å². The van der Waals surface area contributed by atoms with Crippen LogP contribution in [-0.2, 0) is 0 Å². The van der Waals surface area contributed by atoms with Crippen LogP contribution in [0.1, 0.15) is 42.6 Å². The third-order valence-corrected chi connectivity index (χ3v) is 6.04. The zero-order valence-electron chi connectivity index (χ0n) is 15.7. The highest BCUT2D eigenvalue weighted by Gasteiger charge is 2.52. The smallest absolute Gasteiger partial charge is 0.272 e. The summed E-state index contributed by atoms with van der Waals surface area (Å²) in [5.74, 6) is -0.0827. The first-order chi connectivity index (χ1) is 13.7. The van der Waals surface area contributed by atoms with Gasteiger partial charge in [-0.2, -0.15) is 0 Å². The summed E-state index contributed by atoms with van der Waals surface area (Å²) in [6.45, 7) is 2.45. The molecule has 1 amide bonds. The van der Waals surface area contributed by atoms with Gasteiger partial charge in [0.15, 0.2) is 0 Å². The van der Waals surface area contributed by atoms with Crippen molar-refractivity contribution < 1.29 is 4.79 Å². The van der Waals surface area contributed by atoms with Crippen LogP contribution < -0.4 is 16.3 Å². The predicted octanol–water partition coefficient (Wildman–Crippen LogP) is 0.447. The maximum Gasteiger partial charge on any atom is 0.272 e. The number of carbonyl (C=O) groups excluding carboxylic acids is 1. The lowest BCUT2D eigenvalue weighted by Crippen LogP contribution is -2.47. The molecule has 4 heterocycles. The molecule has 1 saturated carbocycles. The highest BCUT2D eigenvalue weighted by Crippen LogP contribution is 2.45. The molecule has 3 N–H and O–H groups in total. The number of aromatic amines is 3. The molecule has 28 heavy (non-hydrogen) atoms. The monoisotopic (exact) mass is 380 g/mol. The largest absolute Gasteiger partial charge is 0.372 e. The summed E-state index contributed by atoms with van der Waals surface area (Å²) in [5, 5.41) is 6.35. The number of nitrogens with one attached hydrogen (secondary N) is 3. The number of rotatable bonds is 2. The van der Waals surface area contributed by atoms with E-state index in [-0.39, 0.29) is 17.0 Å². The Bertz CT molecular complexity index is 1100. The van der Waals surface area contributed by atoms with Crippen LogP contribution >= 0.6 is 0 Å². The number of allylic oxidation sites excluding steroid dienone is 1. The molecule has 1 saturated heterocycles. The van der Waals surface area contributed by atoms with E-state index in [0.717, 1.165) is 55.9 Å². The molecule has 0 aromatic carbocycles. The molecular formula is C20H24N6O2. The van der Waals surface area contributed by atoms with E-state index in [0.29, 0.717) is 12.2 Å². The number of carbonyl (C=O) groups is 1. The molecule has 146 valence electrons. The van der Waals surface area contributed by atoms with E-state index < -0.39 is 0 Å². The van der Waals surface area contributed by atoms with E-state index >= 15 is 0 Å². The first-order valence-electron chi connectivity index (χ1n) is 9.90. The highest BCUT2D eigenvalue weighted by molar-refractivity contribution is 5.93. The van der Waals surface area contributed by atoms with Crippen LogP contribution in [0.3, 0.4) is 0 Å². The number of hydrogen-bond donors (Lipinski definition) is 3. The molecule has 8 nitrogen and oxygen atoms in total. The zero-order chi connectivity index (χ0) is 19.1. The van der Waals surface area contributed by atoms with E-state index in [1.165, 1.54) is 11.8 Å². The summed E-state index contributed by atoms with van der Waals surface area (Å²) in [7, 11) is 0. The minimum Gasteiger partial charge on any atom is -0.372 e. The SMILES string of the molecule is O=C(c1cc(=O)[nH][nH]1)N1CCCN(C2=c3cc[nH]c3=NC=CCC2)CC12CC2. The molecule has 1 spiro atoms. The van der Waals surface area contributed by atoms with Gasteiger partial charge in [-0.05, 0) is 38.2 Å². The van der Waals surface area contributed by atoms with Crippen molar-refractivity contribution in [1.29, 1.82) is 0 Å². The van der Waals surface area contributed by atoms with Crippen molar-refractivity contribution in [2.75, 3.05) is 19.6 Å². The average Bonchev–Trinajstić information content (AvgIpc) is 3.16. The summed E-state index contributed by atoms with van der Waals surface area (Å²) < 4.78 is 0. The Kier molecular flexibility index (Phi) is 3.99. The lowest BCUT2D eigenvalue weighted by Gasteiger charge is -2.33. The van der Waals surface area contributed by atoms with E-state index in [9.17, 15) is 9.59 Å². The van der Waals surface area contributed by atoms with Gasteiger partial charge in [-0.3, -0.25) is 19.8 Å². The zero-order valence-corrected chi connectivity index (χ0v) is 15.7. The van der Waals surface area contributed by atoms with E-state index in [1.807, 2.05) is 17.3 Å². The quantitative estimate of drug-likeness (QED) is 0.705. The van der Waals surface area contributed by atoms with Crippen molar-refractivity contribution in [3.05, 3.63) is 57.4 Å². The van der Waals surface area contributed by atoms with Crippen LogP contribution in [0.5, 0.6) is 0 Å². The van der Waals surface area contributed by atoms with Crippen molar-refractivity contribution in [2.45, 2.75) is 37.6 Å². The Morgan fingerprint density at radius 3 is 2.89 bits per heavy atom. The topological polar surface area (TPSA) is 100 Å². The minimum atomic E-state index is -0.272. The highest BCUT2D eigenvalue weighted by atomic mass is 16.2. The molecular weight excluding hydrogens is 356 g/mol. The van der Waals surface area contributed by atoms with Crippen LogP contribution in [-0.4, -0.2) is 56.1 Å². The average molecular weight is 380 g/mol. The van der Waals surface area contributed by atoms with Crippen molar-refractivity contribution >= 4 is 11.6 Å². The molecule has 3 aliphatic rings. The van der Waals surface area contributed by atoms with Gasteiger partial charge in [-0.25, -0.2) is 4.99 Å². The maximum atomic E-state index is 13.0. The summed E-state index contributed by atoms with van der Waals surface area (Å²) in [4.78, 5) is 36.7. The fourth-order valence-electron chi connectivity index (χ4n) is 4.47. The molecule has 0 radical (unpaired) electrons. The van der Waals surface area contributed by atoms with Gasteiger partial charge in [0.25, 0.3) is 11.5 Å². The lowest BCUT2D eigenvalue weighted by molar-refractivity contribution is 0.0648. The Morgan fingerprint density at radius 2 is 2.11 bits per heavy atom. The van der Waals surface area contributed by atoms with Crippen molar-refractivity contribution in [2.24, 2.45) is 4.99 Å². The number of amides is 1. The first kappa shape index (κ1) is 17.1. The van der Waals surface area contributed by atoms with Gasteiger partial charge in [0.1, 0.15) is 11.2 Å². The third kappa shape index (κ3) is 2.89. The second-order valence-corrected chi connectivity index (χ2v) is 7.87. The van der Waals surface area contributed by atoms with Crippen molar-refractivity contribution in [1.82, 2.24) is 25.0 Å². The Morgan fingerprint density at radius 1 is 1.21 bits per heavy atom. The molecule has 5 rings (SSSR count). The van der Waals surface area contributed by atoms with E-state index in [1.54, 1.807) is 0 Å². The number of H-pyrrole nitrogens is 3. The normalized spacial score (nSPS) is 20.9. The predicted molar refractivity (Wildman–Crippen MR) is 104 cm³/mol. The van der Waals surface area contributed by atoms with Gasteiger partial charge < -0.3 is 14.8 Å². The molecule has 0 unspecified atom stereocenters. The van der Waals surface area contributed by atoms with Gasteiger partial charge in [0.2, 0.25) is 0 Å². The second kappa shape index (κ2) is 6.54. The summed E-state index contributed by atoms with van der Waals surface area (Å²) in [5.41, 5.74) is 2.14. The molecule has 2 aliphatic heterocycles. The van der Waals surface area contributed by atoms with Crippen molar-refractivity contribution in [3.8, 4) is 0 Å². The van der Waals surface area contributed by atoms with Crippen LogP contribution in [0.4, 0.5) is 0 Å². The molecule has 2 fully saturated rings. The summed E-state index contributed by atoms with van der Waals surface area (Å²) in [6, 6.07) is 3.45. The number of hydrogen-bond acceptors (Lipinski definition) is 4. The standard InChI is InChI=1S/C20H24N6O2/c27-17-12-15(23-24-17)19(28)26-11-3-10-25(13-20(26)6-7-20)16-4-1-2-8-21-18-14(16)5-9-22-18/h2,5,8-9,12H,1,3-4,6-7,10-11,13H2,(H,21,22)(H2,23,24,27). The Balaban J connectivity index is 1.48. The van der Waals surface area contributed by atoms with Crippen LogP contribution in [0.25, 0.3) is 5.70 Å². The first-order valence-corrected chi connectivity index (χ1v) is 9.90. The van der Waals surface area contributed by atoms with Gasteiger partial charge in [-0.15, -0.1) is 0 Å². The third-order valence-electron chi connectivity index (χ3n) is 6.04. The number of nitrogens with zero attached hydrogens (tertiary/aromatic N) is 3. The van der Waals surface area contributed by atoms with Gasteiger partial charge in [0, 0.05) is 49.0 Å². The lowest BCUT2D eigenvalue weighted by atomic mass is 10.1. The second-order valence-electron chi connectivity index (χ2n) is 7.87. The van der Waals surface area contributed by atoms with Gasteiger partial charge >= 0.3 is 0 Å². The number of aromatic nitrogens is 3. The molecule has 1 aliphatic carbocycles. The van der Waals surface area contributed by atoms with E-state index in [4.69, 9.17) is 0 Å². The van der Waals surface area contributed by atoms with Crippen LogP contribution in [0.15, 0.2) is 40.4 Å². The summed E-state index contributed by atoms with van der Waals surface area (Å²) in [6.07, 6.45) is 10.7. The van der Waals surface area contributed by atoms with E-state index in [2.05, 4.69) is 37.2 Å². The minimum absolute atomic E-state index is 0.0827. The Labute approximate surface area is 161 Å². The van der Waals surface area contributed by atoms with Crippen LogP contribution in [0.2, 0.25) is 0 Å².